The monoisotopic (exact) mass is 270 g/mol. The van der Waals surface area contributed by atoms with Crippen molar-refractivity contribution in [1.29, 1.82) is 0 Å². The summed E-state index contributed by atoms with van der Waals surface area (Å²) in [6.07, 6.45) is 3.77. The van der Waals surface area contributed by atoms with Crippen LogP contribution in [0.2, 0.25) is 0 Å². The molecule has 1 aliphatic heterocycles. The number of aliphatic carboxylic acids is 1. The van der Waals surface area contributed by atoms with Gasteiger partial charge in [-0.05, 0) is 39.7 Å². The van der Waals surface area contributed by atoms with E-state index in [0.717, 1.165) is 32.2 Å². The molecule has 0 radical (unpaired) electrons. The second-order valence-corrected chi connectivity index (χ2v) is 5.55. The van der Waals surface area contributed by atoms with Gasteiger partial charge < -0.3 is 10.4 Å². The molecular formula is C14H26N2O3. The molecule has 5 nitrogen and oxygen atoms in total. The van der Waals surface area contributed by atoms with E-state index < -0.39 is 12.0 Å². The van der Waals surface area contributed by atoms with Crippen molar-refractivity contribution in [2.24, 2.45) is 5.92 Å². The Kier molecular flexibility index (Phi) is 6.28. The van der Waals surface area contributed by atoms with Crippen LogP contribution in [0.4, 0.5) is 0 Å². The number of hydrogen-bond donors (Lipinski definition) is 2. The van der Waals surface area contributed by atoms with Gasteiger partial charge in [0, 0.05) is 12.6 Å². The molecule has 3 atom stereocenters. The molecule has 0 aromatic carbocycles. The lowest BCUT2D eigenvalue weighted by atomic mass is 9.95. The summed E-state index contributed by atoms with van der Waals surface area (Å²) >= 11 is 0. The maximum Gasteiger partial charge on any atom is 0.320 e. The van der Waals surface area contributed by atoms with Crippen LogP contribution in [0.3, 0.4) is 0 Å². The Morgan fingerprint density at radius 3 is 2.68 bits per heavy atom. The second kappa shape index (κ2) is 7.48. The molecular weight excluding hydrogens is 244 g/mol. The van der Waals surface area contributed by atoms with Gasteiger partial charge in [-0.3, -0.25) is 14.5 Å². The molecule has 110 valence electrons. The normalized spacial score (nSPS) is 23.6. The van der Waals surface area contributed by atoms with Crippen LogP contribution in [0.25, 0.3) is 0 Å². The van der Waals surface area contributed by atoms with E-state index in [1.165, 1.54) is 0 Å². The fourth-order valence-corrected chi connectivity index (χ4v) is 2.59. The minimum atomic E-state index is -0.819. The van der Waals surface area contributed by atoms with Gasteiger partial charge in [0.25, 0.3) is 0 Å². The number of amides is 1. The summed E-state index contributed by atoms with van der Waals surface area (Å²) < 4.78 is 0. The van der Waals surface area contributed by atoms with Gasteiger partial charge in [0.15, 0.2) is 0 Å². The van der Waals surface area contributed by atoms with E-state index in [0.29, 0.717) is 6.54 Å². The summed E-state index contributed by atoms with van der Waals surface area (Å²) in [5, 5.41) is 12.1. The zero-order valence-electron chi connectivity index (χ0n) is 12.2. The number of carbonyl (C=O) groups is 2. The fraction of sp³-hybridized carbons (Fsp3) is 0.857. The summed E-state index contributed by atoms with van der Waals surface area (Å²) in [6, 6.07) is -0.312. The number of piperidine rings is 1. The predicted octanol–water partition coefficient (Wildman–Crippen LogP) is 1.48. The number of carboxylic acid groups (broad SMARTS) is 1. The third kappa shape index (κ3) is 4.82. The largest absolute Gasteiger partial charge is 0.480 e. The quantitative estimate of drug-likeness (QED) is 0.767. The van der Waals surface area contributed by atoms with E-state index in [2.05, 4.69) is 12.2 Å². The average molecular weight is 270 g/mol. The molecule has 0 aromatic heterocycles. The molecule has 0 saturated carbocycles. The Morgan fingerprint density at radius 1 is 1.42 bits per heavy atom. The Hall–Kier alpha value is -1.10. The summed E-state index contributed by atoms with van der Waals surface area (Å²) in [4.78, 5) is 25.0. The van der Waals surface area contributed by atoms with Crippen LogP contribution in [0.1, 0.15) is 46.5 Å². The van der Waals surface area contributed by atoms with Gasteiger partial charge in [-0.25, -0.2) is 0 Å². The third-order valence-corrected chi connectivity index (χ3v) is 3.84. The van der Waals surface area contributed by atoms with Crippen molar-refractivity contribution in [1.82, 2.24) is 10.2 Å². The topological polar surface area (TPSA) is 69.6 Å². The first-order valence-electron chi connectivity index (χ1n) is 7.23. The third-order valence-electron chi connectivity index (χ3n) is 3.84. The highest BCUT2D eigenvalue weighted by Gasteiger charge is 2.30. The van der Waals surface area contributed by atoms with Crippen LogP contribution in [-0.4, -0.2) is 47.1 Å². The van der Waals surface area contributed by atoms with Gasteiger partial charge in [0.2, 0.25) is 5.91 Å². The smallest absolute Gasteiger partial charge is 0.320 e. The molecule has 0 spiro atoms. The Labute approximate surface area is 115 Å². The average Bonchev–Trinajstić information content (AvgIpc) is 2.38. The molecule has 0 aliphatic carbocycles. The van der Waals surface area contributed by atoms with Crippen LogP contribution < -0.4 is 5.32 Å². The molecule has 1 aliphatic rings. The number of rotatable bonds is 6. The number of nitrogens with zero attached hydrogens (tertiary/aromatic N) is 1. The molecule has 1 fully saturated rings. The fourth-order valence-electron chi connectivity index (χ4n) is 2.59. The standard InChI is InChI=1S/C14H26N2O3/c1-4-6-10(2)15-13(17)12-7-5-8-16(9-12)11(3)14(18)19/h10-12H,4-9H2,1-3H3,(H,15,17)(H,18,19). The minimum absolute atomic E-state index is 0.0724. The van der Waals surface area contributed by atoms with E-state index in [1.807, 2.05) is 11.8 Å². The van der Waals surface area contributed by atoms with E-state index >= 15 is 0 Å². The zero-order chi connectivity index (χ0) is 14.4. The summed E-state index contributed by atoms with van der Waals surface area (Å²) in [7, 11) is 0. The van der Waals surface area contributed by atoms with Crippen molar-refractivity contribution < 1.29 is 14.7 Å². The van der Waals surface area contributed by atoms with Crippen molar-refractivity contribution in [3.8, 4) is 0 Å². The van der Waals surface area contributed by atoms with Crippen LogP contribution in [-0.2, 0) is 9.59 Å². The van der Waals surface area contributed by atoms with Gasteiger partial charge in [0.1, 0.15) is 6.04 Å². The minimum Gasteiger partial charge on any atom is -0.480 e. The number of nitrogens with one attached hydrogen (secondary N) is 1. The molecule has 1 saturated heterocycles. The first-order chi connectivity index (χ1) is 8.95. The van der Waals surface area contributed by atoms with Crippen molar-refractivity contribution in [2.45, 2.75) is 58.5 Å². The van der Waals surface area contributed by atoms with Crippen molar-refractivity contribution in [2.75, 3.05) is 13.1 Å². The van der Waals surface area contributed by atoms with E-state index in [9.17, 15) is 9.59 Å². The second-order valence-electron chi connectivity index (χ2n) is 5.55. The highest BCUT2D eigenvalue weighted by Crippen LogP contribution is 2.19. The summed E-state index contributed by atoms with van der Waals surface area (Å²) in [6.45, 7) is 7.11. The van der Waals surface area contributed by atoms with Gasteiger partial charge in [-0.15, -0.1) is 0 Å². The zero-order valence-corrected chi connectivity index (χ0v) is 12.2. The molecule has 0 aromatic rings. The molecule has 0 bridgehead atoms. The molecule has 5 heteroatoms. The molecule has 3 unspecified atom stereocenters. The maximum atomic E-state index is 12.1. The van der Waals surface area contributed by atoms with Crippen LogP contribution in [0.15, 0.2) is 0 Å². The van der Waals surface area contributed by atoms with Crippen molar-refractivity contribution in [3.63, 3.8) is 0 Å². The van der Waals surface area contributed by atoms with Gasteiger partial charge in [-0.1, -0.05) is 13.3 Å². The summed E-state index contributed by atoms with van der Waals surface area (Å²) in [5.74, 6) is -0.821. The van der Waals surface area contributed by atoms with Crippen LogP contribution in [0, 0.1) is 5.92 Å². The van der Waals surface area contributed by atoms with E-state index in [4.69, 9.17) is 5.11 Å². The van der Waals surface area contributed by atoms with Crippen LogP contribution in [0.5, 0.6) is 0 Å². The Morgan fingerprint density at radius 2 is 2.11 bits per heavy atom. The van der Waals surface area contributed by atoms with Crippen molar-refractivity contribution >= 4 is 11.9 Å². The Bertz CT molecular complexity index is 320. The SMILES string of the molecule is CCCC(C)NC(=O)C1CCCN(C(C)C(=O)O)C1. The number of carbonyl (C=O) groups excluding carboxylic acids is 1. The van der Waals surface area contributed by atoms with Gasteiger partial charge in [-0.2, -0.15) is 0 Å². The van der Waals surface area contributed by atoms with Crippen LogP contribution >= 0.6 is 0 Å². The van der Waals surface area contributed by atoms with E-state index in [1.54, 1.807) is 6.92 Å². The summed E-state index contributed by atoms with van der Waals surface area (Å²) in [5.41, 5.74) is 0. The number of likely N-dealkylation sites (tertiary alicyclic amines) is 1. The van der Waals surface area contributed by atoms with Gasteiger partial charge in [0.05, 0.1) is 5.92 Å². The first kappa shape index (κ1) is 16.0. The Balaban J connectivity index is 2.50. The van der Waals surface area contributed by atoms with Crippen molar-refractivity contribution in [3.05, 3.63) is 0 Å². The predicted molar refractivity (Wildman–Crippen MR) is 73.9 cm³/mol. The lowest BCUT2D eigenvalue weighted by Crippen LogP contribution is -2.49. The van der Waals surface area contributed by atoms with E-state index in [-0.39, 0.29) is 17.9 Å². The maximum absolute atomic E-state index is 12.1. The lowest BCUT2D eigenvalue weighted by Gasteiger charge is -2.34. The van der Waals surface area contributed by atoms with Gasteiger partial charge >= 0.3 is 5.97 Å². The molecule has 19 heavy (non-hydrogen) atoms. The highest BCUT2D eigenvalue weighted by atomic mass is 16.4. The molecule has 2 N–H and O–H groups in total. The first-order valence-corrected chi connectivity index (χ1v) is 7.23. The lowest BCUT2D eigenvalue weighted by molar-refractivity contribution is -0.144. The number of hydrogen-bond acceptors (Lipinski definition) is 3. The molecule has 1 rings (SSSR count). The number of carboxylic acids is 1. The molecule has 1 amide bonds. The highest BCUT2D eigenvalue weighted by molar-refractivity contribution is 5.79. The molecule has 1 heterocycles.